The second kappa shape index (κ2) is 6.63. The molecule has 1 saturated carbocycles. The summed E-state index contributed by atoms with van der Waals surface area (Å²) in [5.74, 6) is 0.0000520. The zero-order valence-corrected chi connectivity index (χ0v) is 13.7. The number of hydrogen-bond acceptors (Lipinski definition) is 4. The molecule has 1 N–H and O–H groups in total. The van der Waals surface area contributed by atoms with Gasteiger partial charge in [0, 0.05) is 33.7 Å². The lowest BCUT2D eigenvalue weighted by Crippen LogP contribution is -2.60. The number of nitrogens with zero attached hydrogens (tertiary/aromatic N) is 2. The van der Waals surface area contributed by atoms with Crippen LogP contribution in [0, 0.1) is 0 Å². The van der Waals surface area contributed by atoms with Crippen molar-refractivity contribution in [3.63, 3.8) is 0 Å². The highest BCUT2D eigenvalue weighted by molar-refractivity contribution is 5.84. The Morgan fingerprint density at radius 3 is 2.43 bits per heavy atom. The zero-order chi connectivity index (χ0) is 15.5. The van der Waals surface area contributed by atoms with Gasteiger partial charge in [-0.05, 0) is 19.8 Å². The van der Waals surface area contributed by atoms with Gasteiger partial charge in [0.2, 0.25) is 0 Å². The molecule has 21 heavy (non-hydrogen) atoms. The van der Waals surface area contributed by atoms with Crippen LogP contribution in [0.5, 0.6) is 0 Å². The number of ether oxygens (including phenoxy) is 1. The van der Waals surface area contributed by atoms with E-state index in [1.54, 1.807) is 19.0 Å². The molecule has 0 bridgehead atoms. The van der Waals surface area contributed by atoms with Gasteiger partial charge in [-0.2, -0.15) is 0 Å². The standard InChI is InChI=1S/C16H30N2O3/c1-15(14(19)17(2)3)12-18(10-11-21-15)13-16(20)8-6-4-5-7-9-16/h20H,4-13H2,1-3H3/t15-/m0/s1. The first-order valence-corrected chi connectivity index (χ1v) is 8.15. The van der Waals surface area contributed by atoms with Crippen LogP contribution in [-0.2, 0) is 9.53 Å². The van der Waals surface area contributed by atoms with Crippen LogP contribution in [0.15, 0.2) is 0 Å². The summed E-state index contributed by atoms with van der Waals surface area (Å²) in [6, 6.07) is 0. The molecule has 0 spiro atoms. The molecular formula is C16H30N2O3. The van der Waals surface area contributed by atoms with Gasteiger partial charge in [-0.15, -0.1) is 0 Å². The second-order valence-corrected chi connectivity index (χ2v) is 7.13. The molecule has 1 aliphatic heterocycles. The summed E-state index contributed by atoms with van der Waals surface area (Å²) in [6.45, 7) is 4.42. The summed E-state index contributed by atoms with van der Waals surface area (Å²) < 4.78 is 5.75. The first-order valence-electron chi connectivity index (χ1n) is 8.15. The molecule has 1 saturated heterocycles. The highest BCUT2D eigenvalue weighted by Crippen LogP contribution is 2.29. The lowest BCUT2D eigenvalue weighted by Gasteiger charge is -2.43. The van der Waals surface area contributed by atoms with E-state index in [4.69, 9.17) is 4.74 Å². The molecule has 1 heterocycles. The maximum atomic E-state index is 12.3. The lowest BCUT2D eigenvalue weighted by molar-refractivity contribution is -0.168. The van der Waals surface area contributed by atoms with Crippen LogP contribution in [-0.4, -0.2) is 72.4 Å². The van der Waals surface area contributed by atoms with E-state index in [0.717, 1.165) is 32.2 Å². The van der Waals surface area contributed by atoms with Gasteiger partial charge in [0.1, 0.15) is 0 Å². The van der Waals surface area contributed by atoms with E-state index < -0.39 is 11.2 Å². The van der Waals surface area contributed by atoms with Crippen LogP contribution in [0.2, 0.25) is 0 Å². The average molecular weight is 298 g/mol. The largest absolute Gasteiger partial charge is 0.389 e. The third kappa shape index (κ3) is 4.18. The maximum absolute atomic E-state index is 12.3. The smallest absolute Gasteiger partial charge is 0.255 e. The number of carbonyl (C=O) groups excluding carboxylic acids is 1. The van der Waals surface area contributed by atoms with E-state index in [2.05, 4.69) is 4.90 Å². The molecule has 5 heteroatoms. The SMILES string of the molecule is CN(C)C(=O)[C@]1(C)CN(CC2(O)CCCCCC2)CCO1. The summed E-state index contributed by atoms with van der Waals surface area (Å²) in [6.07, 6.45) is 6.42. The van der Waals surface area contributed by atoms with Crippen LogP contribution in [0.25, 0.3) is 0 Å². The summed E-state index contributed by atoms with van der Waals surface area (Å²) in [5.41, 5.74) is -1.38. The highest BCUT2D eigenvalue weighted by Gasteiger charge is 2.42. The topological polar surface area (TPSA) is 53.0 Å². The molecule has 0 unspecified atom stereocenters. The Morgan fingerprint density at radius 2 is 1.86 bits per heavy atom. The van der Waals surface area contributed by atoms with Crippen LogP contribution >= 0.6 is 0 Å². The van der Waals surface area contributed by atoms with Gasteiger partial charge in [-0.1, -0.05) is 25.7 Å². The minimum absolute atomic E-state index is 0.0000520. The Bertz CT molecular complexity index is 365. The molecule has 1 aliphatic carbocycles. The number of aliphatic hydroxyl groups is 1. The number of amides is 1. The van der Waals surface area contributed by atoms with E-state index >= 15 is 0 Å². The predicted octanol–water partition coefficient (Wildman–Crippen LogP) is 1.25. The van der Waals surface area contributed by atoms with E-state index in [9.17, 15) is 9.90 Å². The van der Waals surface area contributed by atoms with Gasteiger partial charge in [-0.3, -0.25) is 9.69 Å². The van der Waals surface area contributed by atoms with Gasteiger partial charge in [0.15, 0.2) is 5.60 Å². The number of β-amino-alcohol motifs (C(OH)–C–C–N with tert-alkyl or cyclic N) is 1. The zero-order valence-electron chi connectivity index (χ0n) is 13.7. The molecule has 2 fully saturated rings. The maximum Gasteiger partial charge on any atom is 0.255 e. The van der Waals surface area contributed by atoms with Crippen LogP contribution in [0.3, 0.4) is 0 Å². The quantitative estimate of drug-likeness (QED) is 0.797. The second-order valence-electron chi connectivity index (χ2n) is 7.13. The minimum atomic E-state index is -0.789. The molecule has 0 radical (unpaired) electrons. The molecule has 2 rings (SSSR count). The van der Waals surface area contributed by atoms with Crippen molar-refractivity contribution in [2.24, 2.45) is 0 Å². The number of carbonyl (C=O) groups is 1. The Balaban J connectivity index is 1.99. The molecular weight excluding hydrogens is 268 g/mol. The third-order valence-electron chi connectivity index (χ3n) is 4.76. The Kier molecular flexibility index (Phi) is 5.28. The number of rotatable bonds is 3. The molecule has 1 amide bonds. The average Bonchev–Trinajstić information content (AvgIpc) is 2.62. The first-order chi connectivity index (χ1) is 9.85. The summed E-state index contributed by atoms with van der Waals surface area (Å²) in [4.78, 5) is 16.1. The minimum Gasteiger partial charge on any atom is -0.389 e. The van der Waals surface area contributed by atoms with Gasteiger partial charge in [0.25, 0.3) is 5.91 Å². The van der Waals surface area contributed by atoms with Crippen molar-refractivity contribution >= 4 is 5.91 Å². The van der Waals surface area contributed by atoms with E-state index in [-0.39, 0.29) is 5.91 Å². The van der Waals surface area contributed by atoms with Crippen molar-refractivity contribution in [2.45, 2.75) is 56.7 Å². The van der Waals surface area contributed by atoms with Crippen molar-refractivity contribution in [3.8, 4) is 0 Å². The van der Waals surface area contributed by atoms with Crippen molar-refractivity contribution in [1.82, 2.24) is 9.80 Å². The van der Waals surface area contributed by atoms with Gasteiger partial charge in [0.05, 0.1) is 12.2 Å². The fraction of sp³-hybridized carbons (Fsp3) is 0.938. The summed E-state index contributed by atoms with van der Waals surface area (Å²) >= 11 is 0. The Morgan fingerprint density at radius 1 is 1.24 bits per heavy atom. The fourth-order valence-electron chi connectivity index (χ4n) is 3.65. The number of likely N-dealkylation sites (N-methyl/N-ethyl adjacent to an activating group) is 1. The van der Waals surface area contributed by atoms with Gasteiger partial charge in [-0.25, -0.2) is 0 Å². The Labute approximate surface area is 128 Å². The first kappa shape index (κ1) is 16.7. The number of hydrogen-bond donors (Lipinski definition) is 1. The van der Waals surface area contributed by atoms with Crippen molar-refractivity contribution in [1.29, 1.82) is 0 Å². The summed E-state index contributed by atoms with van der Waals surface area (Å²) in [7, 11) is 3.52. The number of morpholine rings is 1. The van der Waals surface area contributed by atoms with Crippen molar-refractivity contribution in [2.75, 3.05) is 40.3 Å². The highest BCUT2D eigenvalue weighted by atomic mass is 16.5. The molecule has 0 aromatic rings. The summed E-state index contributed by atoms with van der Waals surface area (Å²) in [5, 5.41) is 10.8. The third-order valence-corrected chi connectivity index (χ3v) is 4.76. The van der Waals surface area contributed by atoms with Crippen molar-refractivity contribution in [3.05, 3.63) is 0 Å². The monoisotopic (exact) mass is 298 g/mol. The Hall–Kier alpha value is -0.650. The van der Waals surface area contributed by atoms with E-state index in [0.29, 0.717) is 19.7 Å². The molecule has 2 aliphatic rings. The fourth-order valence-corrected chi connectivity index (χ4v) is 3.65. The van der Waals surface area contributed by atoms with Gasteiger partial charge >= 0.3 is 0 Å². The normalized spacial score (nSPS) is 30.7. The van der Waals surface area contributed by atoms with Crippen molar-refractivity contribution < 1.29 is 14.6 Å². The molecule has 122 valence electrons. The van der Waals surface area contributed by atoms with E-state index in [1.165, 1.54) is 12.8 Å². The molecule has 5 nitrogen and oxygen atoms in total. The molecule has 0 aromatic carbocycles. The lowest BCUT2D eigenvalue weighted by atomic mass is 9.92. The van der Waals surface area contributed by atoms with Gasteiger partial charge < -0.3 is 14.7 Å². The predicted molar refractivity (Wildman–Crippen MR) is 82.1 cm³/mol. The van der Waals surface area contributed by atoms with E-state index in [1.807, 2.05) is 6.92 Å². The van der Waals surface area contributed by atoms with Crippen LogP contribution in [0.1, 0.15) is 45.4 Å². The van der Waals surface area contributed by atoms with Crippen LogP contribution in [0.4, 0.5) is 0 Å². The molecule has 0 aromatic heterocycles. The molecule has 1 atom stereocenters. The van der Waals surface area contributed by atoms with Crippen LogP contribution < -0.4 is 0 Å².